The molecule has 18 heavy (non-hydrogen) atoms. The van der Waals surface area contributed by atoms with Crippen LogP contribution in [0.15, 0.2) is 35.7 Å². The van der Waals surface area contributed by atoms with Crippen LogP contribution in [0.3, 0.4) is 0 Å². The normalized spacial score (nSPS) is 10.1. The highest BCUT2D eigenvalue weighted by Gasteiger charge is 2.11. The Labute approximate surface area is 110 Å². The lowest BCUT2D eigenvalue weighted by molar-refractivity contribution is 0.103. The van der Waals surface area contributed by atoms with E-state index >= 15 is 0 Å². The molecule has 94 valence electrons. The minimum atomic E-state index is -0.167. The van der Waals surface area contributed by atoms with Gasteiger partial charge in [-0.15, -0.1) is 11.3 Å². The molecule has 1 heterocycles. The molecule has 0 aliphatic heterocycles. The predicted octanol–water partition coefficient (Wildman–Crippen LogP) is 2.65. The summed E-state index contributed by atoms with van der Waals surface area (Å²) in [7, 11) is 3.94. The summed E-state index contributed by atoms with van der Waals surface area (Å²) in [4.78, 5) is 14.5. The summed E-state index contributed by atoms with van der Waals surface area (Å²) in [5, 5.41) is 4.63. The molecular weight excluding hydrogens is 246 g/mol. The highest BCUT2D eigenvalue weighted by atomic mass is 32.1. The number of hydrogen-bond acceptors (Lipinski definition) is 4. The number of thiophene rings is 1. The van der Waals surface area contributed by atoms with Crippen LogP contribution < -0.4 is 16.0 Å². The molecule has 0 unspecified atom stereocenters. The topological polar surface area (TPSA) is 58.4 Å². The number of nitrogens with one attached hydrogen (secondary N) is 1. The van der Waals surface area contributed by atoms with E-state index in [-0.39, 0.29) is 5.91 Å². The molecule has 1 amide bonds. The summed E-state index contributed by atoms with van der Waals surface area (Å²) in [5.74, 6) is -0.167. The van der Waals surface area contributed by atoms with Gasteiger partial charge in [-0.2, -0.15) is 0 Å². The van der Waals surface area contributed by atoms with Crippen molar-refractivity contribution in [2.24, 2.45) is 0 Å². The minimum absolute atomic E-state index is 0.167. The first kappa shape index (κ1) is 12.4. The zero-order valence-electron chi connectivity index (χ0n) is 10.3. The molecule has 1 aromatic heterocycles. The van der Waals surface area contributed by atoms with Crippen molar-refractivity contribution in [3.63, 3.8) is 0 Å². The molecule has 0 atom stereocenters. The van der Waals surface area contributed by atoms with Gasteiger partial charge in [-0.25, -0.2) is 0 Å². The second kappa shape index (κ2) is 5.10. The van der Waals surface area contributed by atoms with E-state index < -0.39 is 0 Å². The number of rotatable bonds is 3. The molecule has 0 saturated carbocycles. The quantitative estimate of drug-likeness (QED) is 0.893. The van der Waals surface area contributed by atoms with E-state index in [1.807, 2.05) is 43.3 Å². The largest absolute Gasteiger partial charge is 0.397 e. The summed E-state index contributed by atoms with van der Waals surface area (Å²) >= 11 is 1.34. The predicted molar refractivity (Wildman–Crippen MR) is 77.5 cm³/mol. The number of nitrogens with two attached hydrogens (primary N) is 1. The Morgan fingerprint density at radius 3 is 2.39 bits per heavy atom. The van der Waals surface area contributed by atoms with Crippen molar-refractivity contribution in [1.29, 1.82) is 0 Å². The first-order valence-electron chi connectivity index (χ1n) is 5.49. The third-order valence-electron chi connectivity index (χ3n) is 2.54. The van der Waals surface area contributed by atoms with E-state index in [0.717, 1.165) is 11.4 Å². The summed E-state index contributed by atoms with van der Waals surface area (Å²) in [6.07, 6.45) is 0. The van der Waals surface area contributed by atoms with Gasteiger partial charge in [0.15, 0.2) is 0 Å². The fourth-order valence-electron chi connectivity index (χ4n) is 1.53. The molecule has 0 bridgehead atoms. The summed E-state index contributed by atoms with van der Waals surface area (Å²) < 4.78 is 0. The number of nitrogen functional groups attached to an aromatic ring is 1. The number of carbonyl (C=O) groups excluding carboxylic acids is 1. The number of nitrogens with zero attached hydrogens (tertiary/aromatic N) is 1. The highest BCUT2D eigenvalue weighted by Crippen LogP contribution is 2.21. The molecule has 0 saturated heterocycles. The molecule has 0 radical (unpaired) electrons. The average Bonchev–Trinajstić information content (AvgIpc) is 2.76. The van der Waals surface area contributed by atoms with Crippen LogP contribution in [0.2, 0.25) is 0 Å². The maximum Gasteiger partial charge on any atom is 0.267 e. The third-order valence-corrected chi connectivity index (χ3v) is 3.47. The summed E-state index contributed by atoms with van der Waals surface area (Å²) in [6, 6.07) is 9.38. The number of amides is 1. The van der Waals surface area contributed by atoms with Gasteiger partial charge >= 0.3 is 0 Å². The van der Waals surface area contributed by atoms with Crippen LogP contribution in [0.1, 0.15) is 9.67 Å². The Hall–Kier alpha value is -2.01. The van der Waals surface area contributed by atoms with E-state index in [0.29, 0.717) is 10.6 Å². The number of benzene rings is 1. The highest BCUT2D eigenvalue weighted by molar-refractivity contribution is 7.12. The molecule has 2 aromatic rings. The van der Waals surface area contributed by atoms with E-state index in [9.17, 15) is 4.79 Å². The second-order valence-corrected chi connectivity index (χ2v) is 5.02. The third kappa shape index (κ3) is 2.62. The Bertz CT molecular complexity index is 546. The molecule has 0 fully saturated rings. The lowest BCUT2D eigenvalue weighted by atomic mass is 10.2. The monoisotopic (exact) mass is 261 g/mol. The van der Waals surface area contributed by atoms with Crippen molar-refractivity contribution < 1.29 is 4.79 Å². The summed E-state index contributed by atoms with van der Waals surface area (Å²) in [6.45, 7) is 0. The first-order valence-corrected chi connectivity index (χ1v) is 6.37. The van der Waals surface area contributed by atoms with Gasteiger partial charge in [0, 0.05) is 25.5 Å². The Balaban J connectivity index is 2.10. The van der Waals surface area contributed by atoms with Gasteiger partial charge in [0.2, 0.25) is 0 Å². The molecule has 4 nitrogen and oxygen atoms in total. The molecule has 0 aliphatic rings. The van der Waals surface area contributed by atoms with Crippen LogP contribution in [-0.2, 0) is 0 Å². The van der Waals surface area contributed by atoms with E-state index in [2.05, 4.69) is 5.32 Å². The van der Waals surface area contributed by atoms with Crippen molar-refractivity contribution in [2.45, 2.75) is 0 Å². The zero-order chi connectivity index (χ0) is 13.1. The zero-order valence-corrected chi connectivity index (χ0v) is 11.1. The molecule has 0 aliphatic carbocycles. The fraction of sp³-hybridized carbons (Fsp3) is 0.154. The van der Waals surface area contributed by atoms with E-state index in [4.69, 9.17) is 5.73 Å². The van der Waals surface area contributed by atoms with Crippen molar-refractivity contribution in [1.82, 2.24) is 0 Å². The Morgan fingerprint density at radius 1 is 1.22 bits per heavy atom. The average molecular weight is 261 g/mol. The van der Waals surface area contributed by atoms with Crippen LogP contribution in [-0.4, -0.2) is 20.0 Å². The van der Waals surface area contributed by atoms with Crippen molar-refractivity contribution in [3.8, 4) is 0 Å². The van der Waals surface area contributed by atoms with Crippen LogP contribution in [0.25, 0.3) is 0 Å². The van der Waals surface area contributed by atoms with Gasteiger partial charge in [-0.1, -0.05) is 0 Å². The van der Waals surface area contributed by atoms with Gasteiger partial charge < -0.3 is 16.0 Å². The molecule has 2 rings (SSSR count). The minimum Gasteiger partial charge on any atom is -0.397 e. The van der Waals surface area contributed by atoms with Crippen molar-refractivity contribution in [2.75, 3.05) is 30.0 Å². The standard InChI is InChI=1S/C13H15N3OS/c1-16(2)10-5-3-9(4-6-10)15-13(17)12-11(14)7-8-18-12/h3-8H,14H2,1-2H3,(H,15,17). The number of carbonyl (C=O) groups is 1. The Kier molecular flexibility index (Phi) is 3.53. The van der Waals surface area contributed by atoms with Crippen LogP contribution in [0, 0.1) is 0 Å². The number of hydrogen-bond donors (Lipinski definition) is 2. The van der Waals surface area contributed by atoms with Gasteiger partial charge in [0.05, 0.1) is 5.69 Å². The fourth-order valence-corrected chi connectivity index (χ4v) is 2.25. The first-order chi connectivity index (χ1) is 8.58. The van der Waals surface area contributed by atoms with Crippen molar-refractivity contribution in [3.05, 3.63) is 40.6 Å². The van der Waals surface area contributed by atoms with Crippen LogP contribution in [0.4, 0.5) is 17.1 Å². The van der Waals surface area contributed by atoms with Gasteiger partial charge in [0.1, 0.15) is 4.88 Å². The SMILES string of the molecule is CN(C)c1ccc(NC(=O)c2sccc2N)cc1. The second-order valence-electron chi connectivity index (χ2n) is 4.10. The molecule has 3 N–H and O–H groups in total. The van der Waals surface area contributed by atoms with Crippen LogP contribution in [0.5, 0.6) is 0 Å². The van der Waals surface area contributed by atoms with Crippen LogP contribution >= 0.6 is 11.3 Å². The van der Waals surface area contributed by atoms with E-state index in [1.165, 1.54) is 11.3 Å². The van der Waals surface area contributed by atoms with Gasteiger partial charge in [-0.3, -0.25) is 4.79 Å². The lowest BCUT2D eigenvalue weighted by Gasteiger charge is -2.12. The smallest absolute Gasteiger partial charge is 0.267 e. The van der Waals surface area contributed by atoms with Gasteiger partial charge in [0.25, 0.3) is 5.91 Å². The molecule has 0 spiro atoms. The Morgan fingerprint density at radius 2 is 1.89 bits per heavy atom. The maximum atomic E-state index is 11.9. The van der Waals surface area contributed by atoms with E-state index in [1.54, 1.807) is 11.4 Å². The maximum absolute atomic E-state index is 11.9. The van der Waals surface area contributed by atoms with Gasteiger partial charge in [-0.05, 0) is 35.7 Å². The molecule has 5 heteroatoms. The molecule has 1 aromatic carbocycles. The summed E-state index contributed by atoms with van der Waals surface area (Å²) in [5.41, 5.74) is 8.07. The molecular formula is C13H15N3OS. The number of anilines is 3. The van der Waals surface area contributed by atoms with Crippen molar-refractivity contribution >= 4 is 34.3 Å². The lowest BCUT2D eigenvalue weighted by Crippen LogP contribution is -2.12.